The first-order valence-electron chi connectivity index (χ1n) is 4.43. The van der Waals surface area contributed by atoms with Crippen molar-refractivity contribution in [1.82, 2.24) is 0 Å². The number of carbonyl (C=O) groups excluding carboxylic acids is 1. The second-order valence-corrected chi connectivity index (χ2v) is 4.04. The van der Waals surface area contributed by atoms with Crippen LogP contribution in [0.2, 0.25) is 0 Å². The highest BCUT2D eigenvalue weighted by atomic mass is 79.9. The summed E-state index contributed by atoms with van der Waals surface area (Å²) < 4.78 is 6.32. The molecule has 0 unspecified atom stereocenters. The molecule has 1 aromatic rings. The van der Waals surface area contributed by atoms with Gasteiger partial charge in [0.2, 0.25) is 5.24 Å². The van der Waals surface area contributed by atoms with Gasteiger partial charge >= 0.3 is 0 Å². The summed E-state index contributed by atoms with van der Waals surface area (Å²) in [7, 11) is 0. The van der Waals surface area contributed by atoms with E-state index >= 15 is 0 Å². The topological polar surface area (TPSA) is 26.3 Å². The zero-order valence-corrected chi connectivity index (χ0v) is 10.5. The van der Waals surface area contributed by atoms with Crippen molar-refractivity contribution >= 4 is 38.8 Å². The number of halogens is 2. The van der Waals surface area contributed by atoms with Crippen molar-refractivity contribution in [3.8, 4) is 5.75 Å². The first kappa shape index (κ1) is 12.3. The highest BCUT2D eigenvalue weighted by molar-refractivity contribution is 9.10. The third kappa shape index (κ3) is 4.06. The molecule has 0 saturated heterocycles. The van der Waals surface area contributed by atoms with Crippen molar-refractivity contribution < 1.29 is 9.53 Å². The van der Waals surface area contributed by atoms with Crippen LogP contribution in [-0.2, 0) is 4.79 Å². The molecule has 1 aromatic carbocycles. The Morgan fingerprint density at radius 2 is 2.33 bits per heavy atom. The average Bonchev–Trinajstić information content (AvgIpc) is 2.18. The molecule has 4 heteroatoms. The maximum atomic E-state index is 10.6. The Kier molecular flexibility index (Phi) is 4.85. The van der Waals surface area contributed by atoms with Gasteiger partial charge in [0, 0.05) is 10.0 Å². The summed E-state index contributed by atoms with van der Waals surface area (Å²) in [4.78, 5) is 10.6. The first-order chi connectivity index (χ1) is 7.13. The summed E-state index contributed by atoms with van der Waals surface area (Å²) in [5.74, 6) is 0.731. The Hall–Kier alpha value is -0.800. The van der Waals surface area contributed by atoms with Crippen LogP contribution < -0.4 is 4.74 Å². The maximum absolute atomic E-state index is 10.6. The normalized spacial score (nSPS) is 10.6. The van der Waals surface area contributed by atoms with Crippen molar-refractivity contribution in [2.45, 2.75) is 6.92 Å². The van der Waals surface area contributed by atoms with E-state index in [9.17, 15) is 4.79 Å². The number of benzene rings is 1. The highest BCUT2D eigenvalue weighted by Crippen LogP contribution is 2.24. The lowest BCUT2D eigenvalue weighted by atomic mass is 10.2. The van der Waals surface area contributed by atoms with Gasteiger partial charge in [0.05, 0.1) is 6.61 Å². The fraction of sp³-hybridized carbons (Fsp3) is 0.182. The molecule has 0 heterocycles. The minimum Gasteiger partial charge on any atom is -0.493 e. The van der Waals surface area contributed by atoms with E-state index in [2.05, 4.69) is 15.9 Å². The summed E-state index contributed by atoms with van der Waals surface area (Å²) in [6, 6.07) is 5.58. The Morgan fingerprint density at radius 1 is 1.60 bits per heavy atom. The number of rotatable bonds is 4. The maximum Gasteiger partial charge on any atom is 0.245 e. The molecule has 0 aliphatic heterocycles. The minimum atomic E-state index is -0.502. The Bertz CT molecular complexity index is 388. The lowest BCUT2D eigenvalue weighted by molar-refractivity contribution is -0.107. The zero-order valence-electron chi connectivity index (χ0n) is 8.17. The molecule has 0 N–H and O–H groups in total. The van der Waals surface area contributed by atoms with Crippen LogP contribution >= 0.6 is 27.5 Å². The largest absolute Gasteiger partial charge is 0.493 e. The van der Waals surface area contributed by atoms with Gasteiger partial charge in [-0.1, -0.05) is 15.9 Å². The Balaban J connectivity index is 3.01. The third-order valence-corrected chi connectivity index (χ3v) is 2.28. The third-order valence-electron chi connectivity index (χ3n) is 1.67. The van der Waals surface area contributed by atoms with E-state index in [0.717, 1.165) is 15.8 Å². The van der Waals surface area contributed by atoms with E-state index in [-0.39, 0.29) is 0 Å². The number of ether oxygens (including phenoxy) is 1. The van der Waals surface area contributed by atoms with Crippen LogP contribution in [0.25, 0.3) is 6.08 Å². The van der Waals surface area contributed by atoms with E-state index in [4.69, 9.17) is 16.3 Å². The SMILES string of the molecule is CCOc1ccc(Br)cc1C=CC(=O)Cl. The summed E-state index contributed by atoms with van der Waals surface area (Å²) in [5.41, 5.74) is 0.820. The fourth-order valence-electron chi connectivity index (χ4n) is 1.09. The minimum absolute atomic E-state index is 0.502. The van der Waals surface area contributed by atoms with Crippen LogP contribution in [0.5, 0.6) is 5.75 Å². The first-order valence-corrected chi connectivity index (χ1v) is 5.60. The van der Waals surface area contributed by atoms with Crippen LogP contribution in [0.1, 0.15) is 12.5 Å². The average molecular weight is 290 g/mol. The quantitative estimate of drug-likeness (QED) is 0.625. The molecule has 80 valence electrons. The van der Waals surface area contributed by atoms with Crippen molar-refractivity contribution in [1.29, 1.82) is 0 Å². The Morgan fingerprint density at radius 3 is 2.93 bits per heavy atom. The molecule has 0 fully saturated rings. The lowest BCUT2D eigenvalue weighted by Gasteiger charge is -2.06. The van der Waals surface area contributed by atoms with Gasteiger partial charge in [0.1, 0.15) is 5.75 Å². The summed E-state index contributed by atoms with van der Waals surface area (Å²) >= 11 is 8.57. The predicted octanol–water partition coefficient (Wildman–Crippen LogP) is 3.63. The molecule has 2 nitrogen and oxygen atoms in total. The molecule has 0 aliphatic carbocycles. The summed E-state index contributed by atoms with van der Waals surface area (Å²) in [6.07, 6.45) is 2.93. The number of hydrogen-bond donors (Lipinski definition) is 0. The molecule has 0 bridgehead atoms. The Labute approximate surface area is 102 Å². The summed E-state index contributed by atoms with van der Waals surface area (Å²) in [6.45, 7) is 2.49. The van der Waals surface area contributed by atoms with Gasteiger partial charge in [-0.3, -0.25) is 4.79 Å². The second kappa shape index (κ2) is 5.93. The highest BCUT2D eigenvalue weighted by Gasteiger charge is 2.01. The van der Waals surface area contributed by atoms with E-state index < -0.39 is 5.24 Å². The lowest BCUT2D eigenvalue weighted by Crippen LogP contribution is -1.93. The molecule has 15 heavy (non-hydrogen) atoms. The molecule has 0 aliphatic rings. The molecule has 1 rings (SSSR count). The van der Waals surface area contributed by atoms with E-state index in [1.54, 1.807) is 6.08 Å². The molecule has 0 spiro atoms. The number of allylic oxidation sites excluding steroid dienone is 1. The predicted molar refractivity (Wildman–Crippen MR) is 65.2 cm³/mol. The van der Waals surface area contributed by atoms with Gasteiger partial charge in [-0.05, 0) is 48.9 Å². The van der Waals surface area contributed by atoms with Gasteiger partial charge in [0.25, 0.3) is 0 Å². The molecule has 0 aromatic heterocycles. The van der Waals surface area contributed by atoms with Crippen molar-refractivity contribution in [2.75, 3.05) is 6.61 Å². The van der Waals surface area contributed by atoms with Gasteiger partial charge < -0.3 is 4.74 Å². The molecular formula is C11H10BrClO2. The van der Waals surface area contributed by atoms with Crippen molar-refractivity contribution in [3.05, 3.63) is 34.3 Å². The van der Waals surface area contributed by atoms with Gasteiger partial charge in [-0.25, -0.2) is 0 Å². The summed E-state index contributed by atoms with van der Waals surface area (Å²) in [5, 5.41) is -0.502. The fourth-order valence-corrected chi connectivity index (χ4v) is 1.53. The van der Waals surface area contributed by atoms with Gasteiger partial charge in [0.15, 0.2) is 0 Å². The van der Waals surface area contributed by atoms with Crippen molar-refractivity contribution in [2.24, 2.45) is 0 Å². The van der Waals surface area contributed by atoms with Crippen LogP contribution in [0.15, 0.2) is 28.7 Å². The molecular weight excluding hydrogens is 279 g/mol. The van der Waals surface area contributed by atoms with Crippen LogP contribution in [0.4, 0.5) is 0 Å². The number of hydrogen-bond acceptors (Lipinski definition) is 2. The van der Waals surface area contributed by atoms with E-state index in [1.807, 2.05) is 25.1 Å². The molecule has 0 saturated carbocycles. The molecule has 0 atom stereocenters. The smallest absolute Gasteiger partial charge is 0.245 e. The van der Waals surface area contributed by atoms with Crippen LogP contribution in [-0.4, -0.2) is 11.8 Å². The monoisotopic (exact) mass is 288 g/mol. The van der Waals surface area contributed by atoms with E-state index in [1.165, 1.54) is 6.08 Å². The van der Waals surface area contributed by atoms with Crippen LogP contribution in [0, 0.1) is 0 Å². The second-order valence-electron chi connectivity index (χ2n) is 2.75. The molecule has 0 radical (unpaired) electrons. The van der Waals surface area contributed by atoms with Crippen LogP contribution in [0.3, 0.4) is 0 Å². The van der Waals surface area contributed by atoms with Crippen molar-refractivity contribution in [3.63, 3.8) is 0 Å². The zero-order chi connectivity index (χ0) is 11.3. The molecule has 0 amide bonds. The van der Waals surface area contributed by atoms with Gasteiger partial charge in [-0.2, -0.15) is 0 Å². The van der Waals surface area contributed by atoms with Gasteiger partial charge in [-0.15, -0.1) is 0 Å². The van der Waals surface area contributed by atoms with E-state index in [0.29, 0.717) is 6.61 Å². The number of carbonyl (C=O) groups is 1. The standard InChI is InChI=1S/C11H10BrClO2/c1-2-15-10-5-4-9(12)7-8(10)3-6-11(13)14/h3-7H,2H2,1H3.